The Hall–Kier alpha value is -1.84. The molecule has 1 aromatic carbocycles. The Bertz CT molecular complexity index is 478. The third kappa shape index (κ3) is 2.88. The van der Waals surface area contributed by atoms with Gasteiger partial charge in [-0.15, -0.1) is 10.2 Å². The minimum Gasteiger partial charge on any atom is -0.382 e. The molecule has 0 radical (unpaired) electrons. The molecule has 1 N–H and O–H groups in total. The monoisotopic (exact) mass is 244 g/mol. The Balaban J connectivity index is 2.13. The lowest BCUT2D eigenvalue weighted by Crippen LogP contribution is -2.23. The molecular weight excluding hydrogens is 224 g/mol. The third-order valence-electron chi connectivity index (χ3n) is 3.45. The van der Waals surface area contributed by atoms with E-state index < -0.39 is 0 Å². The second-order valence-electron chi connectivity index (χ2n) is 4.74. The average molecular weight is 244 g/mol. The number of aromatic nitrogens is 3. The Morgan fingerprint density at radius 3 is 2.61 bits per heavy atom. The van der Waals surface area contributed by atoms with E-state index in [9.17, 15) is 0 Å². The Labute approximate surface area is 108 Å². The van der Waals surface area contributed by atoms with Crippen LogP contribution in [0.5, 0.6) is 0 Å². The van der Waals surface area contributed by atoms with Gasteiger partial charge in [0.25, 0.3) is 0 Å². The smallest absolute Gasteiger partial charge is 0.123 e. The van der Waals surface area contributed by atoms with Crippen LogP contribution in [0, 0.1) is 5.92 Å². The summed E-state index contributed by atoms with van der Waals surface area (Å²) in [4.78, 5) is 0. The second kappa shape index (κ2) is 5.67. The molecule has 0 aliphatic rings. The van der Waals surface area contributed by atoms with Gasteiger partial charge in [0.15, 0.2) is 0 Å². The molecule has 0 aliphatic heterocycles. The number of nitrogens with zero attached hydrogens (tertiary/aromatic N) is 3. The minimum absolute atomic E-state index is 0.464. The fraction of sp³-hybridized carbons (Fsp3) is 0.429. The zero-order valence-corrected chi connectivity index (χ0v) is 11.2. The average Bonchev–Trinajstić information content (AvgIpc) is 2.92. The Morgan fingerprint density at radius 2 is 1.94 bits per heavy atom. The van der Waals surface area contributed by atoms with E-state index in [4.69, 9.17) is 0 Å². The van der Waals surface area contributed by atoms with Crippen LogP contribution in [0.3, 0.4) is 0 Å². The zero-order valence-electron chi connectivity index (χ0n) is 11.2. The van der Waals surface area contributed by atoms with Crippen LogP contribution in [0.2, 0.25) is 0 Å². The van der Waals surface area contributed by atoms with Crippen molar-refractivity contribution in [1.82, 2.24) is 14.8 Å². The first kappa shape index (κ1) is 12.6. The molecule has 0 aliphatic carbocycles. The maximum absolute atomic E-state index is 3.82. The summed E-state index contributed by atoms with van der Waals surface area (Å²) in [6, 6.07) is 8.75. The molecule has 1 heterocycles. The predicted octanol–water partition coefficient (Wildman–Crippen LogP) is 3.11. The molecule has 96 valence electrons. The largest absolute Gasteiger partial charge is 0.382 e. The first-order chi connectivity index (χ1) is 8.70. The number of rotatable bonds is 5. The maximum Gasteiger partial charge on any atom is 0.123 e. The van der Waals surface area contributed by atoms with Crippen LogP contribution in [-0.2, 0) is 0 Å². The molecule has 1 aromatic heterocycles. The fourth-order valence-electron chi connectivity index (χ4n) is 1.85. The number of benzene rings is 1. The molecule has 18 heavy (non-hydrogen) atoms. The molecular formula is C14H20N4. The standard InChI is InChI=1S/C14H20N4/c1-4-11(2)12(3)17-13-6-5-7-14(8-13)18-9-15-16-10-18/h5-12,17H,4H2,1-3H3. The molecule has 0 saturated heterocycles. The van der Waals surface area contributed by atoms with Gasteiger partial charge in [0.2, 0.25) is 0 Å². The second-order valence-corrected chi connectivity index (χ2v) is 4.74. The van der Waals surface area contributed by atoms with Gasteiger partial charge in [0.05, 0.1) is 5.69 Å². The summed E-state index contributed by atoms with van der Waals surface area (Å²) in [6.07, 6.45) is 4.59. The molecule has 2 aromatic rings. The van der Waals surface area contributed by atoms with Crippen LogP contribution in [0.15, 0.2) is 36.9 Å². The van der Waals surface area contributed by atoms with Crippen LogP contribution in [0.4, 0.5) is 5.69 Å². The molecule has 2 rings (SSSR count). The van der Waals surface area contributed by atoms with Gasteiger partial charge in [-0.05, 0) is 31.0 Å². The SMILES string of the molecule is CCC(C)C(C)Nc1cccc(-n2cnnc2)c1. The summed E-state index contributed by atoms with van der Waals surface area (Å²) >= 11 is 0. The highest BCUT2D eigenvalue weighted by Crippen LogP contribution is 2.18. The Kier molecular flexibility index (Phi) is 3.97. The molecule has 0 saturated carbocycles. The van der Waals surface area contributed by atoms with Crippen LogP contribution in [0.25, 0.3) is 5.69 Å². The molecule has 0 bridgehead atoms. The van der Waals surface area contributed by atoms with Gasteiger partial charge >= 0.3 is 0 Å². The molecule has 4 heteroatoms. The maximum atomic E-state index is 3.82. The minimum atomic E-state index is 0.464. The lowest BCUT2D eigenvalue weighted by Gasteiger charge is -2.21. The van der Waals surface area contributed by atoms with Crippen molar-refractivity contribution in [3.63, 3.8) is 0 Å². The lowest BCUT2D eigenvalue weighted by molar-refractivity contribution is 0.494. The van der Waals surface area contributed by atoms with Gasteiger partial charge < -0.3 is 5.32 Å². The summed E-state index contributed by atoms with van der Waals surface area (Å²) in [5.41, 5.74) is 2.20. The highest BCUT2D eigenvalue weighted by molar-refractivity contribution is 5.51. The van der Waals surface area contributed by atoms with Gasteiger partial charge in [-0.2, -0.15) is 0 Å². The summed E-state index contributed by atoms with van der Waals surface area (Å²) in [6.45, 7) is 6.71. The summed E-state index contributed by atoms with van der Waals surface area (Å²) < 4.78 is 1.90. The van der Waals surface area contributed by atoms with Crippen LogP contribution >= 0.6 is 0 Å². The molecule has 4 nitrogen and oxygen atoms in total. The quantitative estimate of drug-likeness (QED) is 0.878. The van der Waals surface area contributed by atoms with Gasteiger partial charge in [0.1, 0.15) is 12.7 Å². The molecule has 0 amide bonds. The predicted molar refractivity (Wildman–Crippen MR) is 73.9 cm³/mol. The normalized spacial score (nSPS) is 14.2. The summed E-state index contributed by atoms with van der Waals surface area (Å²) in [5, 5.41) is 11.2. The molecule has 0 spiro atoms. The van der Waals surface area contributed by atoms with Crippen molar-refractivity contribution >= 4 is 5.69 Å². The van der Waals surface area contributed by atoms with E-state index in [0.29, 0.717) is 12.0 Å². The summed E-state index contributed by atoms with van der Waals surface area (Å²) in [7, 11) is 0. The fourth-order valence-corrected chi connectivity index (χ4v) is 1.85. The van der Waals surface area contributed by atoms with E-state index in [2.05, 4.69) is 48.4 Å². The number of hydrogen-bond acceptors (Lipinski definition) is 3. The van der Waals surface area contributed by atoms with Crippen LogP contribution < -0.4 is 5.32 Å². The number of anilines is 1. The molecule has 0 fully saturated rings. The topological polar surface area (TPSA) is 42.7 Å². The van der Waals surface area contributed by atoms with Crippen molar-refractivity contribution < 1.29 is 0 Å². The van der Waals surface area contributed by atoms with Gasteiger partial charge in [-0.3, -0.25) is 4.57 Å². The van der Waals surface area contributed by atoms with Gasteiger partial charge in [-0.25, -0.2) is 0 Å². The van der Waals surface area contributed by atoms with E-state index in [-0.39, 0.29) is 0 Å². The number of hydrogen-bond donors (Lipinski definition) is 1. The van der Waals surface area contributed by atoms with Gasteiger partial charge in [-0.1, -0.05) is 26.3 Å². The van der Waals surface area contributed by atoms with Gasteiger partial charge in [0, 0.05) is 11.7 Å². The first-order valence-electron chi connectivity index (χ1n) is 6.42. The first-order valence-corrected chi connectivity index (χ1v) is 6.42. The highest BCUT2D eigenvalue weighted by atomic mass is 15.2. The van der Waals surface area contributed by atoms with Crippen molar-refractivity contribution in [2.45, 2.75) is 33.2 Å². The van der Waals surface area contributed by atoms with E-state index in [1.807, 2.05) is 16.7 Å². The zero-order chi connectivity index (χ0) is 13.0. The van der Waals surface area contributed by atoms with Crippen molar-refractivity contribution in [2.75, 3.05) is 5.32 Å². The number of nitrogens with one attached hydrogen (secondary N) is 1. The van der Waals surface area contributed by atoms with E-state index >= 15 is 0 Å². The van der Waals surface area contributed by atoms with Crippen LogP contribution in [0.1, 0.15) is 27.2 Å². The van der Waals surface area contributed by atoms with Crippen molar-refractivity contribution in [3.05, 3.63) is 36.9 Å². The molecule has 2 unspecified atom stereocenters. The lowest BCUT2D eigenvalue weighted by atomic mass is 10.0. The van der Waals surface area contributed by atoms with E-state index in [0.717, 1.165) is 11.4 Å². The van der Waals surface area contributed by atoms with Crippen molar-refractivity contribution in [2.24, 2.45) is 5.92 Å². The highest BCUT2D eigenvalue weighted by Gasteiger charge is 2.09. The van der Waals surface area contributed by atoms with Crippen molar-refractivity contribution in [1.29, 1.82) is 0 Å². The van der Waals surface area contributed by atoms with Crippen LogP contribution in [-0.4, -0.2) is 20.8 Å². The van der Waals surface area contributed by atoms with E-state index in [1.54, 1.807) is 12.7 Å². The molecule has 2 atom stereocenters. The third-order valence-corrected chi connectivity index (χ3v) is 3.45. The van der Waals surface area contributed by atoms with Crippen molar-refractivity contribution in [3.8, 4) is 5.69 Å². The summed E-state index contributed by atoms with van der Waals surface area (Å²) in [5.74, 6) is 0.656. The van der Waals surface area contributed by atoms with E-state index in [1.165, 1.54) is 6.42 Å². The Morgan fingerprint density at radius 1 is 1.22 bits per heavy atom.